The van der Waals surface area contributed by atoms with Gasteiger partial charge < -0.3 is 0 Å². The Balaban J connectivity index is 3.00. The molecule has 0 unspecified atom stereocenters. The third kappa shape index (κ3) is 22.5. The first kappa shape index (κ1) is 24.5. The molecule has 0 aliphatic heterocycles. The van der Waals surface area contributed by atoms with Crippen molar-refractivity contribution in [1.82, 2.24) is 0 Å². The second-order valence-corrected chi connectivity index (χ2v) is 11.4. The second-order valence-electron chi connectivity index (χ2n) is 8.87. The van der Waals surface area contributed by atoms with Gasteiger partial charge in [0, 0.05) is 0 Å². The molecule has 0 atom stereocenters. The summed E-state index contributed by atoms with van der Waals surface area (Å²) in [5.41, 5.74) is 0.539. The van der Waals surface area contributed by atoms with Gasteiger partial charge in [0.05, 0.1) is 0 Å². The summed E-state index contributed by atoms with van der Waals surface area (Å²) < 4.78 is 0. The van der Waals surface area contributed by atoms with Crippen molar-refractivity contribution in [3.05, 3.63) is 0 Å². The fourth-order valence-electron chi connectivity index (χ4n) is 3.18. The second kappa shape index (κ2) is 18.3. The molecule has 0 aromatic rings. The van der Waals surface area contributed by atoms with Crippen molar-refractivity contribution in [2.75, 3.05) is 0 Å². The van der Waals surface area contributed by atoms with Crippen LogP contribution >= 0.6 is 0 Å². The molecule has 0 radical (unpaired) electrons. The SMILES string of the molecule is CCCCCCCCCC[Se]CCCCCCCCCC(C)(C)C. The van der Waals surface area contributed by atoms with Crippen LogP contribution in [0.2, 0.25) is 10.6 Å². The minimum absolute atomic E-state index is 0.539. The fraction of sp³-hybridized carbons (Fsp3) is 1.00. The van der Waals surface area contributed by atoms with E-state index in [1.807, 2.05) is 0 Å². The molecule has 0 aliphatic rings. The molecule has 0 rings (SSSR count). The van der Waals surface area contributed by atoms with Crippen LogP contribution in [-0.2, 0) is 0 Å². The molecule has 0 N–H and O–H groups in total. The monoisotopic (exact) mass is 404 g/mol. The van der Waals surface area contributed by atoms with Crippen LogP contribution in [0.1, 0.15) is 130 Å². The van der Waals surface area contributed by atoms with Crippen molar-refractivity contribution in [2.24, 2.45) is 5.41 Å². The van der Waals surface area contributed by atoms with Gasteiger partial charge in [0.15, 0.2) is 0 Å². The zero-order chi connectivity index (χ0) is 17.9. The van der Waals surface area contributed by atoms with Crippen LogP contribution in [0.3, 0.4) is 0 Å². The average Bonchev–Trinajstić information content (AvgIpc) is 2.52. The number of hydrogen-bond acceptors (Lipinski definition) is 0. The normalized spacial score (nSPS) is 12.0. The molecule has 24 heavy (non-hydrogen) atoms. The van der Waals surface area contributed by atoms with Crippen LogP contribution in [0.5, 0.6) is 0 Å². The topological polar surface area (TPSA) is 0 Å². The summed E-state index contributed by atoms with van der Waals surface area (Å²) in [6.45, 7) is 9.39. The third-order valence-corrected chi connectivity index (χ3v) is 7.28. The Bertz CT molecular complexity index is 229. The van der Waals surface area contributed by atoms with Crippen molar-refractivity contribution in [3.8, 4) is 0 Å². The number of unbranched alkanes of at least 4 members (excludes halogenated alkanes) is 13. The molecule has 0 fully saturated rings. The Morgan fingerprint density at radius 2 is 0.875 bits per heavy atom. The van der Waals surface area contributed by atoms with Gasteiger partial charge >= 0.3 is 161 Å². The molecule has 0 heterocycles. The van der Waals surface area contributed by atoms with E-state index in [0.717, 1.165) is 15.0 Å². The van der Waals surface area contributed by atoms with Crippen LogP contribution < -0.4 is 0 Å². The van der Waals surface area contributed by atoms with E-state index in [0.29, 0.717) is 5.41 Å². The van der Waals surface area contributed by atoms with E-state index >= 15 is 0 Å². The van der Waals surface area contributed by atoms with Gasteiger partial charge in [-0.3, -0.25) is 0 Å². The van der Waals surface area contributed by atoms with Gasteiger partial charge in [0.2, 0.25) is 0 Å². The molecule has 0 spiro atoms. The molecule has 0 bridgehead atoms. The summed E-state index contributed by atoms with van der Waals surface area (Å²) in [7, 11) is 0. The van der Waals surface area contributed by atoms with E-state index in [1.54, 1.807) is 10.6 Å². The maximum absolute atomic E-state index is 2.36. The van der Waals surface area contributed by atoms with E-state index in [1.165, 1.54) is 103 Å². The Morgan fingerprint density at radius 1 is 0.500 bits per heavy atom. The van der Waals surface area contributed by atoms with E-state index in [9.17, 15) is 0 Å². The predicted octanol–water partition coefficient (Wildman–Crippen LogP) is 8.83. The zero-order valence-electron chi connectivity index (χ0n) is 17.6. The number of rotatable bonds is 18. The minimum atomic E-state index is 0.539. The van der Waals surface area contributed by atoms with Crippen LogP contribution in [0.4, 0.5) is 0 Å². The molecule has 0 aromatic heterocycles. The van der Waals surface area contributed by atoms with Crippen LogP contribution in [-0.4, -0.2) is 15.0 Å². The summed E-state index contributed by atoms with van der Waals surface area (Å²) in [5.74, 6) is 0. The summed E-state index contributed by atoms with van der Waals surface area (Å²) in [6, 6.07) is 0. The molecule has 1 heteroatoms. The molecule has 0 aliphatic carbocycles. The molecule has 0 saturated heterocycles. The van der Waals surface area contributed by atoms with Crippen LogP contribution in [0.15, 0.2) is 0 Å². The van der Waals surface area contributed by atoms with E-state index in [4.69, 9.17) is 0 Å². The van der Waals surface area contributed by atoms with Crippen LogP contribution in [0, 0.1) is 5.41 Å². The fourth-order valence-corrected chi connectivity index (χ4v) is 5.32. The van der Waals surface area contributed by atoms with Gasteiger partial charge in [-0.05, 0) is 0 Å². The quantitative estimate of drug-likeness (QED) is 0.158. The molecular weight excluding hydrogens is 355 g/mol. The average molecular weight is 404 g/mol. The molecule has 0 saturated carbocycles. The summed E-state index contributed by atoms with van der Waals surface area (Å²) >= 11 is 0.953. The Hall–Kier alpha value is 0.519. The Labute approximate surface area is 161 Å². The van der Waals surface area contributed by atoms with Crippen molar-refractivity contribution in [2.45, 2.75) is 141 Å². The number of hydrogen-bond donors (Lipinski definition) is 0. The summed E-state index contributed by atoms with van der Waals surface area (Å²) in [4.78, 5) is 0. The van der Waals surface area contributed by atoms with Gasteiger partial charge in [-0.1, -0.05) is 0 Å². The summed E-state index contributed by atoms with van der Waals surface area (Å²) in [6.07, 6.45) is 23.5. The van der Waals surface area contributed by atoms with Gasteiger partial charge in [0.1, 0.15) is 0 Å². The van der Waals surface area contributed by atoms with Crippen molar-refractivity contribution in [3.63, 3.8) is 0 Å². The van der Waals surface area contributed by atoms with Gasteiger partial charge in [-0.2, -0.15) is 0 Å². The first-order valence-electron chi connectivity index (χ1n) is 11.1. The van der Waals surface area contributed by atoms with Gasteiger partial charge in [-0.25, -0.2) is 0 Å². The summed E-state index contributed by atoms with van der Waals surface area (Å²) in [5, 5.41) is 3.10. The first-order valence-corrected chi connectivity index (χ1v) is 13.6. The van der Waals surface area contributed by atoms with Crippen molar-refractivity contribution < 1.29 is 0 Å². The molecule has 0 nitrogen and oxygen atoms in total. The van der Waals surface area contributed by atoms with E-state index < -0.39 is 0 Å². The first-order chi connectivity index (χ1) is 11.6. The molecule has 146 valence electrons. The van der Waals surface area contributed by atoms with Gasteiger partial charge in [0.25, 0.3) is 0 Å². The van der Waals surface area contributed by atoms with Crippen molar-refractivity contribution >= 4 is 15.0 Å². The van der Waals surface area contributed by atoms with Crippen molar-refractivity contribution in [1.29, 1.82) is 0 Å². The Kier molecular flexibility index (Phi) is 18.7. The standard InChI is InChI=1S/C23H48Se/c1-5-6-7-8-9-12-15-18-21-24-22-19-16-13-10-11-14-17-20-23(2,3)4/h5-22H2,1-4H3. The van der Waals surface area contributed by atoms with Gasteiger partial charge in [-0.15, -0.1) is 0 Å². The molecular formula is C23H48Se. The zero-order valence-corrected chi connectivity index (χ0v) is 19.3. The van der Waals surface area contributed by atoms with E-state index in [2.05, 4.69) is 27.7 Å². The molecule has 0 amide bonds. The third-order valence-electron chi connectivity index (χ3n) is 4.86. The predicted molar refractivity (Wildman–Crippen MR) is 114 cm³/mol. The maximum atomic E-state index is 2.36. The Morgan fingerprint density at radius 3 is 1.29 bits per heavy atom. The van der Waals surface area contributed by atoms with E-state index in [-0.39, 0.29) is 0 Å². The molecule has 0 aromatic carbocycles. The van der Waals surface area contributed by atoms with Crippen LogP contribution in [0.25, 0.3) is 0 Å².